The van der Waals surface area contributed by atoms with E-state index in [1.165, 1.54) is 19.2 Å². The molecule has 2 atom stereocenters. The Morgan fingerprint density at radius 2 is 2.33 bits per heavy atom. The predicted molar refractivity (Wildman–Crippen MR) is 94.7 cm³/mol. The predicted octanol–water partition coefficient (Wildman–Crippen LogP) is 1.63. The van der Waals surface area contributed by atoms with Crippen LogP contribution in [-0.4, -0.2) is 53.7 Å². The highest BCUT2D eigenvalue weighted by Gasteiger charge is 2.28. The molecule has 0 spiro atoms. The zero-order valence-corrected chi connectivity index (χ0v) is 15.1. The summed E-state index contributed by atoms with van der Waals surface area (Å²) in [7, 11) is 1.38. The van der Waals surface area contributed by atoms with Crippen molar-refractivity contribution in [2.24, 2.45) is 5.73 Å². The molecule has 146 valence electrons. The first-order chi connectivity index (χ1) is 13.0. The van der Waals surface area contributed by atoms with E-state index in [9.17, 15) is 9.18 Å². The number of nitrogens with zero attached hydrogens (tertiary/aromatic N) is 3. The van der Waals surface area contributed by atoms with Crippen LogP contribution in [0.25, 0.3) is 0 Å². The van der Waals surface area contributed by atoms with Gasteiger partial charge in [-0.05, 0) is 13.3 Å². The molecule has 10 heteroatoms. The molecule has 1 fully saturated rings. The molecule has 2 aromatic heterocycles. The second-order valence-electron chi connectivity index (χ2n) is 6.03. The summed E-state index contributed by atoms with van der Waals surface area (Å²) in [6, 6.07) is 2.30. The fourth-order valence-electron chi connectivity index (χ4n) is 2.81. The summed E-state index contributed by atoms with van der Waals surface area (Å²) < 4.78 is 30.8. The Kier molecular flexibility index (Phi) is 5.87. The lowest BCUT2D eigenvalue weighted by molar-refractivity contribution is 0.0422. The van der Waals surface area contributed by atoms with Crippen molar-refractivity contribution >= 4 is 17.5 Å². The van der Waals surface area contributed by atoms with Crippen molar-refractivity contribution in [3.8, 4) is 5.88 Å². The maximum atomic E-state index is 13.7. The molecule has 3 rings (SSSR count). The van der Waals surface area contributed by atoms with Gasteiger partial charge in [0.1, 0.15) is 5.56 Å². The number of hydrogen-bond acceptors (Lipinski definition) is 8. The highest BCUT2D eigenvalue weighted by Crippen LogP contribution is 2.26. The van der Waals surface area contributed by atoms with E-state index < -0.39 is 11.9 Å². The molecule has 0 saturated carbocycles. The van der Waals surface area contributed by atoms with Crippen LogP contribution >= 0.6 is 0 Å². The van der Waals surface area contributed by atoms with Gasteiger partial charge in [0.2, 0.25) is 11.8 Å². The van der Waals surface area contributed by atoms with E-state index in [-0.39, 0.29) is 36.0 Å². The lowest BCUT2D eigenvalue weighted by atomic mass is 10.1. The fourth-order valence-corrected chi connectivity index (χ4v) is 2.81. The molecule has 9 nitrogen and oxygen atoms in total. The minimum absolute atomic E-state index is 0.0947. The number of anilines is 2. The maximum absolute atomic E-state index is 13.7. The van der Waals surface area contributed by atoms with Crippen LogP contribution in [0.15, 0.2) is 18.3 Å². The van der Waals surface area contributed by atoms with Gasteiger partial charge >= 0.3 is 5.97 Å². The van der Waals surface area contributed by atoms with Gasteiger partial charge < -0.3 is 25.3 Å². The summed E-state index contributed by atoms with van der Waals surface area (Å²) in [6.45, 7) is 2.91. The number of ether oxygens (including phenoxy) is 3. The topological polar surface area (TPSA) is 114 Å². The Labute approximate surface area is 155 Å². The van der Waals surface area contributed by atoms with Gasteiger partial charge in [-0.25, -0.2) is 4.79 Å². The number of pyridine rings is 1. The van der Waals surface area contributed by atoms with Gasteiger partial charge in [0.25, 0.3) is 0 Å². The van der Waals surface area contributed by atoms with Gasteiger partial charge in [0.05, 0.1) is 26.4 Å². The number of aromatic nitrogens is 3. The fraction of sp³-hybridized carbons (Fsp3) is 0.471. The van der Waals surface area contributed by atoms with Gasteiger partial charge in [-0.3, -0.25) is 4.68 Å². The van der Waals surface area contributed by atoms with Crippen molar-refractivity contribution < 1.29 is 23.4 Å². The minimum atomic E-state index is -0.725. The number of rotatable bonds is 6. The van der Waals surface area contributed by atoms with E-state index in [4.69, 9.17) is 19.9 Å². The van der Waals surface area contributed by atoms with Crippen molar-refractivity contribution in [3.05, 3.63) is 29.8 Å². The van der Waals surface area contributed by atoms with E-state index >= 15 is 0 Å². The quantitative estimate of drug-likeness (QED) is 0.575. The summed E-state index contributed by atoms with van der Waals surface area (Å²) >= 11 is 0. The number of methoxy groups -OCH3 is 1. The highest BCUT2D eigenvalue weighted by atomic mass is 19.1. The van der Waals surface area contributed by atoms with Crippen LogP contribution in [0.2, 0.25) is 0 Å². The van der Waals surface area contributed by atoms with Gasteiger partial charge in [-0.2, -0.15) is 14.5 Å². The molecule has 0 bridgehead atoms. The molecule has 1 saturated heterocycles. The Bertz CT molecular complexity index is 813. The van der Waals surface area contributed by atoms with Crippen LogP contribution in [-0.2, 0) is 9.47 Å². The van der Waals surface area contributed by atoms with E-state index in [1.807, 2.05) is 0 Å². The summed E-state index contributed by atoms with van der Waals surface area (Å²) in [5.41, 5.74) is 6.71. The lowest BCUT2D eigenvalue weighted by Crippen LogP contribution is -2.40. The number of nitrogens with two attached hydrogens (primary N) is 1. The van der Waals surface area contributed by atoms with Crippen LogP contribution in [0.3, 0.4) is 0 Å². The Morgan fingerprint density at radius 3 is 3.04 bits per heavy atom. The largest absolute Gasteiger partial charge is 0.481 e. The molecule has 0 radical (unpaired) electrons. The number of nitrogens with one attached hydrogen (secondary N) is 1. The molecule has 2 aromatic rings. The molecule has 0 amide bonds. The summed E-state index contributed by atoms with van der Waals surface area (Å²) in [4.78, 5) is 15.9. The molecular weight excluding hydrogens is 357 g/mol. The zero-order valence-electron chi connectivity index (χ0n) is 15.1. The zero-order chi connectivity index (χ0) is 19.4. The van der Waals surface area contributed by atoms with Gasteiger partial charge in [-0.15, -0.1) is 0 Å². The Morgan fingerprint density at radius 1 is 1.52 bits per heavy atom. The average Bonchev–Trinajstić information content (AvgIpc) is 3.05. The molecule has 0 unspecified atom stereocenters. The minimum Gasteiger partial charge on any atom is -0.481 e. The van der Waals surface area contributed by atoms with E-state index in [0.29, 0.717) is 25.3 Å². The third kappa shape index (κ3) is 4.34. The summed E-state index contributed by atoms with van der Waals surface area (Å²) in [5, 5.41) is 7.36. The lowest BCUT2D eigenvalue weighted by Gasteiger charge is -2.28. The molecule has 0 aliphatic carbocycles. The van der Waals surface area contributed by atoms with Crippen LogP contribution in [0.5, 0.6) is 5.88 Å². The van der Waals surface area contributed by atoms with Gasteiger partial charge in [0, 0.05) is 36.7 Å². The summed E-state index contributed by atoms with van der Waals surface area (Å²) in [5.74, 6) is -0.953. The van der Waals surface area contributed by atoms with Crippen molar-refractivity contribution in [1.82, 2.24) is 14.8 Å². The first-order valence-corrected chi connectivity index (χ1v) is 8.60. The van der Waals surface area contributed by atoms with Crippen LogP contribution in [0.1, 0.15) is 29.7 Å². The Hall–Kier alpha value is -2.72. The number of carbonyl (C=O) groups is 1. The third-order valence-corrected chi connectivity index (χ3v) is 4.19. The van der Waals surface area contributed by atoms with Crippen LogP contribution in [0.4, 0.5) is 15.9 Å². The molecule has 0 aromatic carbocycles. The van der Waals surface area contributed by atoms with Crippen molar-refractivity contribution in [2.45, 2.75) is 25.4 Å². The first-order valence-electron chi connectivity index (χ1n) is 8.60. The summed E-state index contributed by atoms with van der Waals surface area (Å²) in [6.07, 6.45) is 2.25. The van der Waals surface area contributed by atoms with Crippen LogP contribution in [0, 0.1) is 5.95 Å². The normalized spacial score (nSPS) is 19.6. The second-order valence-corrected chi connectivity index (χ2v) is 6.03. The molecule has 1 aliphatic rings. The number of hydrogen-bond donors (Lipinski definition) is 2. The monoisotopic (exact) mass is 379 g/mol. The molecular formula is C17H22FN5O4. The van der Waals surface area contributed by atoms with Crippen molar-refractivity contribution in [2.75, 3.05) is 32.2 Å². The third-order valence-electron chi connectivity index (χ3n) is 4.19. The van der Waals surface area contributed by atoms with Crippen LogP contribution < -0.4 is 15.8 Å². The molecule has 1 aliphatic heterocycles. The Balaban J connectivity index is 1.94. The number of esters is 1. The SMILES string of the molecule is CCOC(=O)c1cn([C@H]2COCC[C@@H]2N)nc1Nc1cc(F)nc(OC)c1. The standard InChI is InChI=1S/C17H22FN5O4/c1-3-27-17(24)11-8-23(13-9-26-5-4-12(13)19)22-16(11)20-10-6-14(18)21-15(7-10)25-2/h6-8,12-13H,3-5,9,19H2,1-2H3,(H,20,21,22)/t12-,13-/m0/s1. The maximum Gasteiger partial charge on any atom is 0.343 e. The van der Waals surface area contributed by atoms with Crippen molar-refractivity contribution in [1.29, 1.82) is 0 Å². The highest BCUT2D eigenvalue weighted by molar-refractivity contribution is 5.95. The van der Waals surface area contributed by atoms with Crippen molar-refractivity contribution in [3.63, 3.8) is 0 Å². The number of halogens is 1. The first kappa shape index (κ1) is 19.1. The molecule has 27 heavy (non-hydrogen) atoms. The van der Waals surface area contributed by atoms with E-state index in [0.717, 1.165) is 0 Å². The van der Waals surface area contributed by atoms with Gasteiger partial charge in [0.15, 0.2) is 5.82 Å². The average molecular weight is 379 g/mol. The van der Waals surface area contributed by atoms with E-state index in [1.54, 1.807) is 17.8 Å². The second kappa shape index (κ2) is 8.31. The number of carbonyl (C=O) groups excluding carboxylic acids is 1. The molecule has 3 N–H and O–H groups in total. The molecule has 3 heterocycles. The van der Waals surface area contributed by atoms with E-state index in [2.05, 4.69) is 15.4 Å². The smallest absolute Gasteiger partial charge is 0.343 e. The van der Waals surface area contributed by atoms with Gasteiger partial charge in [-0.1, -0.05) is 0 Å².